The van der Waals surface area contributed by atoms with Gasteiger partial charge in [0, 0.05) is 47.9 Å². The highest BCUT2D eigenvalue weighted by Gasteiger charge is 2.19. The summed E-state index contributed by atoms with van der Waals surface area (Å²) in [6.45, 7) is 2.22. The van der Waals surface area contributed by atoms with Gasteiger partial charge in [-0.15, -0.1) is 0 Å². The third kappa shape index (κ3) is 3.31. The first-order valence-corrected chi connectivity index (χ1v) is 10.6. The lowest BCUT2D eigenvalue weighted by Crippen LogP contribution is -2.35. The predicted molar refractivity (Wildman–Crippen MR) is 114 cm³/mol. The largest absolute Gasteiger partial charge is 0.443 e. The molecule has 0 saturated carbocycles. The molecular formula is C21H21N5OS. The fraction of sp³-hybridized carbons (Fsp3) is 0.286. The molecule has 0 aliphatic carbocycles. The lowest BCUT2D eigenvalue weighted by Gasteiger charge is -2.30. The zero-order valence-electron chi connectivity index (χ0n) is 15.6. The second-order valence-electron chi connectivity index (χ2n) is 7.02. The average molecular weight is 392 g/mol. The zero-order chi connectivity index (χ0) is 18.9. The first-order chi connectivity index (χ1) is 13.8. The van der Waals surface area contributed by atoms with Crippen molar-refractivity contribution in [1.29, 1.82) is 0 Å². The predicted octanol–water partition coefficient (Wildman–Crippen LogP) is 4.59. The van der Waals surface area contributed by atoms with Gasteiger partial charge in [0.2, 0.25) is 0 Å². The van der Waals surface area contributed by atoms with Gasteiger partial charge < -0.3 is 9.73 Å². The van der Waals surface area contributed by atoms with Crippen LogP contribution in [0.3, 0.4) is 0 Å². The molecule has 1 saturated heterocycles. The number of nitrogens with one attached hydrogen (secondary N) is 1. The summed E-state index contributed by atoms with van der Waals surface area (Å²) in [7, 11) is 0. The second kappa shape index (κ2) is 7.41. The third-order valence-electron chi connectivity index (χ3n) is 5.32. The number of nitrogens with zero attached hydrogens (tertiary/aromatic N) is 4. The first-order valence-electron chi connectivity index (χ1n) is 9.44. The maximum atomic E-state index is 5.36. The Kier molecular flexibility index (Phi) is 4.62. The molecule has 0 radical (unpaired) electrons. The molecule has 1 aliphatic rings. The zero-order valence-corrected chi connectivity index (χ0v) is 16.4. The second-order valence-corrected chi connectivity index (χ2v) is 7.90. The molecule has 0 unspecified atom stereocenters. The maximum absolute atomic E-state index is 5.36. The fourth-order valence-electron chi connectivity index (χ4n) is 3.77. The van der Waals surface area contributed by atoms with Crippen LogP contribution in [0.4, 0.5) is 5.82 Å². The van der Waals surface area contributed by atoms with E-state index in [1.165, 1.54) is 6.39 Å². The van der Waals surface area contributed by atoms with Gasteiger partial charge in [0.1, 0.15) is 11.3 Å². The Morgan fingerprint density at radius 2 is 2.00 bits per heavy atom. The molecule has 1 N–H and O–H groups in total. The summed E-state index contributed by atoms with van der Waals surface area (Å²) < 4.78 is 7.77. The normalized spacial score (nSPS) is 16.0. The van der Waals surface area contributed by atoms with E-state index in [2.05, 4.69) is 36.9 Å². The van der Waals surface area contributed by atoms with Gasteiger partial charge in [-0.1, -0.05) is 11.9 Å². The molecule has 1 aromatic carbocycles. The highest BCUT2D eigenvalue weighted by molar-refractivity contribution is 7.96. The quantitative estimate of drug-likeness (QED) is 0.510. The molecule has 142 valence electrons. The summed E-state index contributed by atoms with van der Waals surface area (Å²) in [5, 5.41) is 5.78. The van der Waals surface area contributed by atoms with Gasteiger partial charge in [0.15, 0.2) is 12.0 Å². The van der Waals surface area contributed by atoms with Crippen molar-refractivity contribution in [1.82, 2.24) is 19.3 Å². The molecule has 3 aromatic heterocycles. The summed E-state index contributed by atoms with van der Waals surface area (Å²) in [5.74, 6) is 0.909. The number of hydrogen-bond donors (Lipinski definition) is 1. The van der Waals surface area contributed by atoms with Gasteiger partial charge in [-0.05, 0) is 49.4 Å². The molecule has 6 nitrogen and oxygen atoms in total. The van der Waals surface area contributed by atoms with E-state index in [1.54, 1.807) is 0 Å². The van der Waals surface area contributed by atoms with Crippen LogP contribution in [0.1, 0.15) is 12.8 Å². The molecule has 4 heterocycles. The van der Waals surface area contributed by atoms with Gasteiger partial charge in [-0.2, -0.15) is 0 Å². The molecule has 7 heteroatoms. The Hall–Kier alpha value is -2.64. The van der Waals surface area contributed by atoms with Crippen LogP contribution in [-0.2, 0) is 0 Å². The van der Waals surface area contributed by atoms with Crippen molar-refractivity contribution >= 4 is 39.6 Å². The van der Waals surface area contributed by atoms with Crippen LogP contribution in [0.15, 0.2) is 53.5 Å². The van der Waals surface area contributed by atoms with Crippen molar-refractivity contribution in [2.24, 2.45) is 0 Å². The first kappa shape index (κ1) is 17.5. The van der Waals surface area contributed by atoms with Crippen molar-refractivity contribution in [3.63, 3.8) is 0 Å². The molecule has 4 aromatic rings. The number of anilines is 1. The summed E-state index contributed by atoms with van der Waals surface area (Å²) >= 11 is 1.83. The number of fused-ring (bicyclic) bond motifs is 2. The average Bonchev–Trinajstić information content (AvgIpc) is 3.22. The lowest BCUT2D eigenvalue weighted by molar-refractivity contribution is 0.359. The molecule has 1 fully saturated rings. The van der Waals surface area contributed by atoms with Gasteiger partial charge in [-0.25, -0.2) is 9.97 Å². The SMILES string of the molecule is CSN1CCC(Nc2cc3c(-c4ccc5ocnc5c4)nccc3cn2)CC1. The van der Waals surface area contributed by atoms with Crippen LogP contribution in [-0.4, -0.2) is 44.6 Å². The van der Waals surface area contributed by atoms with Crippen molar-refractivity contribution in [2.45, 2.75) is 18.9 Å². The molecule has 0 amide bonds. The van der Waals surface area contributed by atoms with Crippen LogP contribution in [0, 0.1) is 0 Å². The molecule has 1 aliphatic heterocycles. The highest BCUT2D eigenvalue weighted by atomic mass is 32.2. The van der Waals surface area contributed by atoms with Gasteiger partial charge in [0.05, 0.1) is 5.69 Å². The topological polar surface area (TPSA) is 67.1 Å². The maximum Gasteiger partial charge on any atom is 0.181 e. The Bertz CT molecular complexity index is 1120. The number of benzene rings is 1. The van der Waals surface area contributed by atoms with Crippen molar-refractivity contribution in [3.8, 4) is 11.3 Å². The van der Waals surface area contributed by atoms with Crippen LogP contribution >= 0.6 is 11.9 Å². The van der Waals surface area contributed by atoms with Crippen molar-refractivity contribution in [3.05, 3.63) is 49.1 Å². The van der Waals surface area contributed by atoms with Gasteiger partial charge in [0.25, 0.3) is 0 Å². The highest BCUT2D eigenvalue weighted by Crippen LogP contribution is 2.30. The summed E-state index contributed by atoms with van der Waals surface area (Å²) in [4.78, 5) is 13.6. The van der Waals surface area contributed by atoms with E-state index in [0.717, 1.165) is 64.9 Å². The number of rotatable bonds is 4. The van der Waals surface area contributed by atoms with Gasteiger partial charge in [-0.3, -0.25) is 9.29 Å². The van der Waals surface area contributed by atoms with E-state index in [4.69, 9.17) is 4.42 Å². The van der Waals surface area contributed by atoms with Crippen molar-refractivity contribution < 1.29 is 4.42 Å². The van der Waals surface area contributed by atoms with E-state index in [0.29, 0.717) is 6.04 Å². The van der Waals surface area contributed by atoms with Crippen molar-refractivity contribution in [2.75, 3.05) is 24.7 Å². The van der Waals surface area contributed by atoms with Gasteiger partial charge >= 0.3 is 0 Å². The minimum Gasteiger partial charge on any atom is -0.443 e. The fourth-order valence-corrected chi connectivity index (χ4v) is 4.35. The lowest BCUT2D eigenvalue weighted by atomic mass is 10.0. The number of piperidine rings is 1. The van der Waals surface area contributed by atoms with E-state index in [-0.39, 0.29) is 0 Å². The number of hydrogen-bond acceptors (Lipinski definition) is 7. The third-order valence-corrected chi connectivity index (χ3v) is 6.20. The Balaban J connectivity index is 1.47. The van der Waals surface area contributed by atoms with Crippen LogP contribution in [0.25, 0.3) is 33.1 Å². The Labute approximate surface area is 167 Å². The number of pyridine rings is 2. The molecule has 28 heavy (non-hydrogen) atoms. The summed E-state index contributed by atoms with van der Waals surface area (Å²) in [6, 6.07) is 10.6. The number of aromatic nitrogens is 3. The van der Waals surface area contributed by atoms with Crippen LogP contribution in [0.5, 0.6) is 0 Å². The molecular weight excluding hydrogens is 370 g/mol. The molecule has 5 rings (SSSR count). The van der Waals surface area contributed by atoms with Crippen LogP contribution in [0.2, 0.25) is 0 Å². The monoisotopic (exact) mass is 391 g/mol. The Morgan fingerprint density at radius 3 is 2.86 bits per heavy atom. The smallest absolute Gasteiger partial charge is 0.181 e. The van der Waals surface area contributed by atoms with E-state index >= 15 is 0 Å². The minimum absolute atomic E-state index is 0.458. The van der Waals surface area contributed by atoms with E-state index in [1.807, 2.05) is 48.6 Å². The van der Waals surface area contributed by atoms with E-state index < -0.39 is 0 Å². The Morgan fingerprint density at radius 1 is 1.11 bits per heavy atom. The van der Waals surface area contributed by atoms with E-state index in [9.17, 15) is 0 Å². The standard InChI is InChI=1S/C21H21N5OS/c1-28-26-8-5-16(6-9-26)25-20-11-17-15(12-23-20)4-7-22-21(17)14-2-3-19-18(10-14)24-13-27-19/h2-4,7,10-13,16H,5-6,8-9H2,1H3,(H,23,25). The molecule has 0 bridgehead atoms. The molecule has 0 atom stereocenters. The summed E-state index contributed by atoms with van der Waals surface area (Å²) in [5.41, 5.74) is 3.58. The molecule has 0 spiro atoms. The summed E-state index contributed by atoms with van der Waals surface area (Å²) in [6.07, 6.45) is 9.63. The van der Waals surface area contributed by atoms with Crippen LogP contribution < -0.4 is 5.32 Å². The minimum atomic E-state index is 0.458. The number of oxazole rings is 1.